The second-order valence-corrected chi connectivity index (χ2v) is 11.0. The zero-order chi connectivity index (χ0) is 29.8. The molecule has 0 radical (unpaired) electrons. The highest BCUT2D eigenvalue weighted by Gasteiger charge is 2.30. The number of para-hydroxylation sites is 1. The van der Waals surface area contributed by atoms with Gasteiger partial charge in [0.15, 0.2) is 0 Å². The van der Waals surface area contributed by atoms with Gasteiger partial charge in [-0.1, -0.05) is 36.3 Å². The monoisotopic (exact) mass is 584 g/mol. The van der Waals surface area contributed by atoms with Crippen LogP contribution >= 0.6 is 0 Å². The average molecular weight is 585 g/mol. The summed E-state index contributed by atoms with van der Waals surface area (Å²) in [5, 5.41) is 10.7. The van der Waals surface area contributed by atoms with E-state index < -0.39 is 33.8 Å². The lowest BCUT2D eigenvalue weighted by molar-refractivity contribution is -0.139. The predicted octanol–water partition coefficient (Wildman–Crippen LogP) is 5.39. The fourth-order valence-electron chi connectivity index (χ4n) is 4.49. The van der Waals surface area contributed by atoms with Crippen molar-refractivity contribution in [3.05, 3.63) is 95.2 Å². The number of carboxylic acids is 1. The number of hydrogen-bond acceptors (Lipinski definition) is 4. The minimum Gasteiger partial charge on any atom is -0.481 e. The van der Waals surface area contributed by atoms with E-state index in [1.165, 1.54) is 36.4 Å². The molecule has 2 N–H and O–H groups in total. The molecule has 1 unspecified atom stereocenters. The first-order chi connectivity index (χ1) is 19.4. The maximum atomic E-state index is 13.1. The average Bonchev–Trinajstić information content (AvgIpc) is 3.19. The van der Waals surface area contributed by atoms with Gasteiger partial charge in [0.1, 0.15) is 18.4 Å². The summed E-state index contributed by atoms with van der Waals surface area (Å²) in [5.74, 6) is 4.48. The number of fused-ring (bicyclic) bond motifs is 1. The van der Waals surface area contributed by atoms with Crippen LogP contribution in [0.15, 0.2) is 77.7 Å². The lowest BCUT2D eigenvalue weighted by atomic mass is 10.0. The van der Waals surface area contributed by atoms with Crippen molar-refractivity contribution in [1.82, 2.24) is 9.29 Å². The number of carboxylic acid groups (broad SMARTS) is 1. The van der Waals surface area contributed by atoms with E-state index in [0.717, 1.165) is 23.0 Å². The summed E-state index contributed by atoms with van der Waals surface area (Å²) in [4.78, 5) is 12.1. The van der Waals surface area contributed by atoms with E-state index in [-0.39, 0.29) is 24.5 Å². The summed E-state index contributed by atoms with van der Waals surface area (Å²) in [6.45, 7) is 3.83. The number of ether oxygens (including phenoxy) is 1. The van der Waals surface area contributed by atoms with E-state index in [1.807, 2.05) is 10.6 Å². The maximum Gasteiger partial charge on any atom is 0.416 e. The summed E-state index contributed by atoms with van der Waals surface area (Å²) >= 11 is 0. The molecule has 0 fully saturated rings. The molecular formula is C30H27F3N2O5S. The fourth-order valence-corrected chi connectivity index (χ4v) is 5.68. The van der Waals surface area contributed by atoms with Gasteiger partial charge in [0.05, 0.1) is 10.5 Å². The third-order valence-electron chi connectivity index (χ3n) is 6.61. The Hall–Kier alpha value is -4.27. The van der Waals surface area contributed by atoms with Crippen molar-refractivity contribution in [2.45, 2.75) is 43.9 Å². The second kappa shape index (κ2) is 12.1. The molecule has 1 atom stereocenters. The van der Waals surface area contributed by atoms with Crippen LogP contribution in [0.5, 0.6) is 5.75 Å². The Morgan fingerprint density at radius 2 is 1.71 bits per heavy atom. The number of hydrogen-bond donors (Lipinski definition) is 2. The highest BCUT2D eigenvalue weighted by atomic mass is 32.2. The number of carbonyl (C=O) groups is 1. The summed E-state index contributed by atoms with van der Waals surface area (Å²) < 4.78 is 74.7. The zero-order valence-electron chi connectivity index (χ0n) is 22.2. The Morgan fingerprint density at radius 1 is 1.05 bits per heavy atom. The molecule has 11 heteroatoms. The molecule has 0 spiro atoms. The number of halogens is 3. The Bertz CT molecular complexity index is 1720. The van der Waals surface area contributed by atoms with E-state index in [4.69, 9.17) is 4.74 Å². The maximum absolute atomic E-state index is 13.1. The highest BCUT2D eigenvalue weighted by Crippen LogP contribution is 2.31. The number of alkyl halides is 3. The third kappa shape index (κ3) is 6.90. The van der Waals surface area contributed by atoms with Crippen LogP contribution in [0.1, 0.15) is 29.3 Å². The first kappa shape index (κ1) is 29.7. The number of benzene rings is 3. The minimum atomic E-state index is -4.44. The van der Waals surface area contributed by atoms with Crippen molar-refractivity contribution < 1.29 is 36.2 Å². The number of aromatic nitrogens is 1. The molecule has 0 aliphatic carbocycles. The normalized spacial score (nSPS) is 12.5. The summed E-state index contributed by atoms with van der Waals surface area (Å²) in [6.07, 6.45) is -4.60. The first-order valence-electron chi connectivity index (χ1n) is 12.5. The summed E-state index contributed by atoms with van der Waals surface area (Å²) in [6, 6.07) is 16.1. The third-order valence-corrected chi connectivity index (χ3v) is 8.10. The lowest BCUT2D eigenvalue weighted by Gasteiger charge is -2.16. The van der Waals surface area contributed by atoms with Gasteiger partial charge >= 0.3 is 12.1 Å². The van der Waals surface area contributed by atoms with Crippen molar-refractivity contribution in [1.29, 1.82) is 0 Å². The SMILES string of the molecule is CC#CCOc1ccc(S(=O)(=O)NC(Cc2c(C)n(Cc3ccc(C(F)(F)F)cc3)c3ccccc23)C(=O)O)cc1. The van der Waals surface area contributed by atoms with Crippen LogP contribution in [0.3, 0.4) is 0 Å². The molecule has 4 rings (SSSR count). The van der Waals surface area contributed by atoms with Gasteiger partial charge in [-0.05, 0) is 67.4 Å². The van der Waals surface area contributed by atoms with Gasteiger partial charge in [0.25, 0.3) is 0 Å². The lowest BCUT2D eigenvalue weighted by Crippen LogP contribution is -2.42. The van der Waals surface area contributed by atoms with E-state index in [1.54, 1.807) is 32.0 Å². The van der Waals surface area contributed by atoms with E-state index >= 15 is 0 Å². The van der Waals surface area contributed by atoms with Crippen molar-refractivity contribution in [3.8, 4) is 17.6 Å². The molecule has 1 aromatic heterocycles. The Labute approximate surface area is 235 Å². The smallest absolute Gasteiger partial charge is 0.416 e. The van der Waals surface area contributed by atoms with Gasteiger partial charge in [0, 0.05) is 29.6 Å². The molecule has 4 aromatic rings. The van der Waals surface area contributed by atoms with Gasteiger partial charge in [0.2, 0.25) is 10.0 Å². The van der Waals surface area contributed by atoms with E-state index in [2.05, 4.69) is 16.6 Å². The van der Waals surface area contributed by atoms with E-state index in [0.29, 0.717) is 22.6 Å². The van der Waals surface area contributed by atoms with Crippen LogP contribution < -0.4 is 9.46 Å². The quantitative estimate of drug-likeness (QED) is 0.244. The standard InChI is InChI=1S/C30H27F3N2O5S/c1-3-4-17-40-23-13-15-24(16-14-23)41(38,39)34-27(29(36)37)18-26-20(2)35(28-8-6-5-7-25(26)28)19-21-9-11-22(12-10-21)30(31,32)33/h5-16,27,34H,17-19H2,1-2H3,(H,36,37). The van der Waals surface area contributed by atoms with E-state index in [9.17, 15) is 31.5 Å². The molecule has 0 bridgehead atoms. The molecule has 0 aliphatic heterocycles. The van der Waals surface area contributed by atoms with Crippen LogP contribution in [-0.4, -0.2) is 36.7 Å². The van der Waals surface area contributed by atoms with Crippen LogP contribution in [-0.2, 0) is 34.0 Å². The number of aliphatic carboxylic acids is 1. The first-order valence-corrected chi connectivity index (χ1v) is 14.0. The van der Waals surface area contributed by atoms with Gasteiger partial charge in [-0.15, -0.1) is 5.92 Å². The Kier molecular flexibility index (Phi) is 8.75. The van der Waals surface area contributed by atoms with Crippen molar-refractivity contribution in [3.63, 3.8) is 0 Å². The Morgan fingerprint density at radius 3 is 2.32 bits per heavy atom. The predicted molar refractivity (Wildman–Crippen MR) is 148 cm³/mol. The molecule has 0 saturated carbocycles. The fraction of sp³-hybridized carbons (Fsp3) is 0.233. The zero-order valence-corrected chi connectivity index (χ0v) is 23.0. The van der Waals surface area contributed by atoms with Crippen LogP contribution in [0, 0.1) is 18.8 Å². The molecule has 41 heavy (non-hydrogen) atoms. The molecule has 3 aromatic carbocycles. The second-order valence-electron chi connectivity index (χ2n) is 9.27. The highest BCUT2D eigenvalue weighted by molar-refractivity contribution is 7.89. The van der Waals surface area contributed by atoms with Gasteiger partial charge in [-0.3, -0.25) is 4.79 Å². The molecule has 0 saturated heterocycles. The van der Waals surface area contributed by atoms with Crippen LogP contribution in [0.25, 0.3) is 10.9 Å². The summed E-state index contributed by atoms with van der Waals surface area (Å²) in [7, 11) is -4.20. The van der Waals surface area contributed by atoms with Gasteiger partial charge in [-0.2, -0.15) is 17.9 Å². The van der Waals surface area contributed by atoms with Crippen molar-refractivity contribution in [2.75, 3.05) is 6.61 Å². The minimum absolute atomic E-state index is 0.126. The van der Waals surface area contributed by atoms with Gasteiger partial charge < -0.3 is 14.4 Å². The van der Waals surface area contributed by atoms with Gasteiger partial charge in [-0.25, -0.2) is 8.42 Å². The molecule has 1 heterocycles. The summed E-state index contributed by atoms with van der Waals surface area (Å²) in [5.41, 5.74) is 1.91. The number of sulfonamides is 1. The van der Waals surface area contributed by atoms with Crippen LogP contribution in [0.2, 0.25) is 0 Å². The molecular weight excluding hydrogens is 557 g/mol. The molecule has 7 nitrogen and oxygen atoms in total. The molecule has 214 valence electrons. The largest absolute Gasteiger partial charge is 0.481 e. The number of nitrogens with zero attached hydrogens (tertiary/aromatic N) is 1. The topological polar surface area (TPSA) is 97.6 Å². The van der Waals surface area contributed by atoms with Crippen LogP contribution in [0.4, 0.5) is 13.2 Å². The van der Waals surface area contributed by atoms with Crippen molar-refractivity contribution >= 4 is 26.9 Å². The number of rotatable bonds is 10. The number of nitrogens with one attached hydrogen (secondary N) is 1. The molecule has 0 amide bonds. The Balaban J connectivity index is 1.60. The molecule has 0 aliphatic rings. The van der Waals surface area contributed by atoms with Crippen molar-refractivity contribution in [2.24, 2.45) is 0 Å².